The van der Waals surface area contributed by atoms with Gasteiger partial charge in [-0.15, -0.1) is 0 Å². The minimum atomic E-state index is -4.44. The minimum absolute atomic E-state index is 0.0337. The van der Waals surface area contributed by atoms with Gasteiger partial charge in [0.05, 0.1) is 0 Å². The molecular weight excluding hydrogens is 209 g/mol. The van der Waals surface area contributed by atoms with Crippen LogP contribution in [-0.4, -0.2) is 23.1 Å². The predicted octanol–water partition coefficient (Wildman–Crippen LogP) is 1.76. The standard InChI is InChI=1S/C9H9F3N2O/c1-6(9(10,11)12)14-8(15)7-4-2-3-5-13-7/h2-6H,1H3,(H,14,15). The number of nitrogens with zero attached hydrogens (tertiary/aromatic N) is 1. The summed E-state index contributed by atoms with van der Waals surface area (Å²) >= 11 is 0. The van der Waals surface area contributed by atoms with Gasteiger partial charge in [0.25, 0.3) is 5.91 Å². The molecule has 1 N–H and O–H groups in total. The summed E-state index contributed by atoms with van der Waals surface area (Å²) in [6, 6.07) is 2.56. The number of amides is 1. The number of hydrogen-bond acceptors (Lipinski definition) is 2. The van der Waals surface area contributed by atoms with Crippen LogP contribution in [0.25, 0.3) is 0 Å². The first kappa shape index (κ1) is 11.5. The van der Waals surface area contributed by atoms with Gasteiger partial charge in [-0.3, -0.25) is 9.78 Å². The summed E-state index contributed by atoms with van der Waals surface area (Å²) in [4.78, 5) is 14.9. The maximum absolute atomic E-state index is 12.1. The number of carbonyl (C=O) groups is 1. The van der Waals surface area contributed by atoms with Gasteiger partial charge in [-0.25, -0.2) is 0 Å². The molecule has 0 saturated carbocycles. The summed E-state index contributed by atoms with van der Waals surface area (Å²) in [7, 11) is 0. The number of rotatable bonds is 2. The third-order valence-electron chi connectivity index (χ3n) is 1.74. The van der Waals surface area contributed by atoms with Crippen molar-refractivity contribution in [2.75, 3.05) is 0 Å². The highest BCUT2D eigenvalue weighted by molar-refractivity contribution is 5.92. The van der Waals surface area contributed by atoms with E-state index in [2.05, 4.69) is 4.98 Å². The molecule has 0 radical (unpaired) electrons. The van der Waals surface area contributed by atoms with Crippen LogP contribution in [0.3, 0.4) is 0 Å². The molecule has 1 aromatic heterocycles. The van der Waals surface area contributed by atoms with Crippen molar-refractivity contribution in [1.82, 2.24) is 10.3 Å². The number of alkyl halides is 3. The molecule has 0 aliphatic carbocycles. The molecule has 0 saturated heterocycles. The summed E-state index contributed by atoms with van der Waals surface area (Å²) in [5.41, 5.74) is -0.0337. The molecule has 0 bridgehead atoms. The summed E-state index contributed by atoms with van der Waals surface area (Å²) in [6.45, 7) is 0.876. The SMILES string of the molecule is CC(NC(=O)c1ccccn1)C(F)(F)F. The molecule has 6 heteroatoms. The molecule has 3 nitrogen and oxygen atoms in total. The second kappa shape index (κ2) is 4.29. The lowest BCUT2D eigenvalue weighted by molar-refractivity contribution is -0.149. The Labute approximate surface area is 84.3 Å². The molecule has 82 valence electrons. The topological polar surface area (TPSA) is 42.0 Å². The number of carbonyl (C=O) groups excluding carboxylic acids is 1. The summed E-state index contributed by atoms with van der Waals surface area (Å²) in [5, 5.41) is 1.81. The van der Waals surface area contributed by atoms with E-state index in [4.69, 9.17) is 0 Å². The van der Waals surface area contributed by atoms with Crippen molar-refractivity contribution in [3.63, 3.8) is 0 Å². The fraction of sp³-hybridized carbons (Fsp3) is 0.333. The van der Waals surface area contributed by atoms with Gasteiger partial charge in [0.1, 0.15) is 11.7 Å². The molecule has 1 heterocycles. The van der Waals surface area contributed by atoms with Gasteiger partial charge in [-0.05, 0) is 19.1 Å². The normalized spacial score (nSPS) is 13.3. The maximum atomic E-state index is 12.1. The zero-order valence-electron chi connectivity index (χ0n) is 7.88. The Morgan fingerprint density at radius 3 is 2.60 bits per heavy atom. The summed E-state index contributed by atoms with van der Waals surface area (Å²) in [5.74, 6) is -0.833. The first-order valence-corrected chi connectivity index (χ1v) is 4.20. The summed E-state index contributed by atoms with van der Waals surface area (Å²) in [6.07, 6.45) is -3.10. The van der Waals surface area contributed by atoms with E-state index in [-0.39, 0.29) is 5.69 Å². The van der Waals surface area contributed by atoms with Crippen molar-refractivity contribution < 1.29 is 18.0 Å². The van der Waals surface area contributed by atoms with Crippen molar-refractivity contribution in [2.45, 2.75) is 19.1 Å². The highest BCUT2D eigenvalue weighted by atomic mass is 19.4. The molecule has 0 spiro atoms. The number of hydrogen-bond donors (Lipinski definition) is 1. The Morgan fingerprint density at radius 1 is 1.47 bits per heavy atom. The molecule has 1 atom stereocenters. The van der Waals surface area contributed by atoms with Gasteiger partial charge in [0.2, 0.25) is 0 Å². The van der Waals surface area contributed by atoms with Crippen LogP contribution in [-0.2, 0) is 0 Å². The highest BCUT2D eigenvalue weighted by Crippen LogP contribution is 2.19. The minimum Gasteiger partial charge on any atom is -0.339 e. The van der Waals surface area contributed by atoms with E-state index < -0.39 is 18.1 Å². The molecule has 1 amide bonds. The molecule has 1 aromatic rings. The Morgan fingerprint density at radius 2 is 2.13 bits per heavy atom. The van der Waals surface area contributed by atoms with Gasteiger partial charge in [0, 0.05) is 6.20 Å². The molecule has 15 heavy (non-hydrogen) atoms. The van der Waals surface area contributed by atoms with E-state index in [0.29, 0.717) is 0 Å². The predicted molar refractivity (Wildman–Crippen MR) is 47.2 cm³/mol. The smallest absolute Gasteiger partial charge is 0.339 e. The van der Waals surface area contributed by atoms with Crippen LogP contribution in [0.4, 0.5) is 13.2 Å². The van der Waals surface area contributed by atoms with Crippen LogP contribution in [0.5, 0.6) is 0 Å². The van der Waals surface area contributed by atoms with Crippen molar-refractivity contribution in [2.24, 2.45) is 0 Å². The average molecular weight is 218 g/mol. The number of halogens is 3. The average Bonchev–Trinajstić information content (AvgIpc) is 2.17. The van der Waals surface area contributed by atoms with E-state index >= 15 is 0 Å². The molecule has 1 rings (SSSR count). The van der Waals surface area contributed by atoms with Crippen LogP contribution < -0.4 is 5.32 Å². The summed E-state index contributed by atoms with van der Waals surface area (Å²) < 4.78 is 36.3. The van der Waals surface area contributed by atoms with Gasteiger partial charge < -0.3 is 5.32 Å². The molecule has 0 fully saturated rings. The number of aromatic nitrogens is 1. The number of pyridine rings is 1. The Balaban J connectivity index is 2.65. The fourth-order valence-corrected chi connectivity index (χ4v) is 0.849. The van der Waals surface area contributed by atoms with Crippen molar-refractivity contribution in [1.29, 1.82) is 0 Å². The monoisotopic (exact) mass is 218 g/mol. The Kier molecular flexibility index (Phi) is 3.28. The Hall–Kier alpha value is -1.59. The van der Waals surface area contributed by atoms with Gasteiger partial charge in [0.15, 0.2) is 0 Å². The lowest BCUT2D eigenvalue weighted by Crippen LogP contribution is -2.43. The lowest BCUT2D eigenvalue weighted by atomic mass is 10.3. The third kappa shape index (κ3) is 3.23. The quantitative estimate of drug-likeness (QED) is 0.821. The lowest BCUT2D eigenvalue weighted by Gasteiger charge is -2.16. The van der Waals surface area contributed by atoms with E-state index in [0.717, 1.165) is 6.92 Å². The zero-order chi connectivity index (χ0) is 11.5. The Bertz CT molecular complexity index is 337. The third-order valence-corrected chi connectivity index (χ3v) is 1.74. The number of nitrogens with one attached hydrogen (secondary N) is 1. The molecule has 0 aromatic carbocycles. The van der Waals surface area contributed by atoms with Gasteiger partial charge in [-0.1, -0.05) is 6.07 Å². The van der Waals surface area contributed by atoms with Crippen molar-refractivity contribution in [3.8, 4) is 0 Å². The molecule has 0 aliphatic rings. The molecular formula is C9H9F3N2O. The van der Waals surface area contributed by atoms with Gasteiger partial charge in [-0.2, -0.15) is 13.2 Å². The van der Waals surface area contributed by atoms with E-state index in [9.17, 15) is 18.0 Å². The van der Waals surface area contributed by atoms with Crippen molar-refractivity contribution >= 4 is 5.91 Å². The highest BCUT2D eigenvalue weighted by Gasteiger charge is 2.37. The van der Waals surface area contributed by atoms with Crippen LogP contribution in [0.1, 0.15) is 17.4 Å². The van der Waals surface area contributed by atoms with Crippen LogP contribution in [0.15, 0.2) is 24.4 Å². The van der Waals surface area contributed by atoms with Crippen LogP contribution in [0, 0.1) is 0 Å². The zero-order valence-corrected chi connectivity index (χ0v) is 7.88. The van der Waals surface area contributed by atoms with Crippen molar-refractivity contribution in [3.05, 3.63) is 30.1 Å². The fourth-order valence-electron chi connectivity index (χ4n) is 0.849. The second-order valence-corrected chi connectivity index (χ2v) is 2.95. The first-order chi connectivity index (χ1) is 6.91. The maximum Gasteiger partial charge on any atom is 0.408 e. The van der Waals surface area contributed by atoms with E-state index in [1.165, 1.54) is 18.3 Å². The van der Waals surface area contributed by atoms with E-state index in [1.807, 2.05) is 5.32 Å². The van der Waals surface area contributed by atoms with E-state index in [1.54, 1.807) is 6.07 Å². The first-order valence-electron chi connectivity index (χ1n) is 4.20. The second-order valence-electron chi connectivity index (χ2n) is 2.95. The molecule has 0 aliphatic heterocycles. The largest absolute Gasteiger partial charge is 0.408 e. The van der Waals surface area contributed by atoms with Crippen LogP contribution >= 0.6 is 0 Å². The van der Waals surface area contributed by atoms with Crippen LogP contribution in [0.2, 0.25) is 0 Å². The van der Waals surface area contributed by atoms with Gasteiger partial charge >= 0.3 is 6.18 Å². The molecule has 1 unspecified atom stereocenters.